The fourth-order valence-electron chi connectivity index (χ4n) is 2.56. The van der Waals surface area contributed by atoms with Gasteiger partial charge in [-0.05, 0) is 41.0 Å². The fraction of sp³-hybridized carbons (Fsp3) is 0.529. The maximum Gasteiger partial charge on any atom is 0.160 e. The third-order valence-corrected chi connectivity index (χ3v) is 4.54. The van der Waals surface area contributed by atoms with E-state index < -0.39 is 11.6 Å². The molecule has 0 aliphatic rings. The smallest absolute Gasteiger partial charge is 0.160 e. The fourth-order valence-corrected chi connectivity index (χ4v) is 3.95. The van der Waals surface area contributed by atoms with Gasteiger partial charge in [0.1, 0.15) is 0 Å². The first-order chi connectivity index (χ1) is 9.70. The summed E-state index contributed by atoms with van der Waals surface area (Å²) in [6.07, 6.45) is 0. The number of halogens is 2. The Hall–Kier alpha value is -1.00. The Labute approximate surface area is 129 Å². The Morgan fingerprint density at radius 3 is 2.33 bits per heavy atom. The molecule has 0 saturated carbocycles. The first kappa shape index (κ1) is 16.4. The van der Waals surface area contributed by atoms with Crippen LogP contribution in [0, 0.1) is 17.6 Å². The van der Waals surface area contributed by atoms with Gasteiger partial charge in [-0.25, -0.2) is 8.78 Å². The zero-order valence-electron chi connectivity index (χ0n) is 13.3. The van der Waals surface area contributed by atoms with E-state index in [-0.39, 0.29) is 5.41 Å². The van der Waals surface area contributed by atoms with Gasteiger partial charge >= 0.3 is 0 Å². The lowest BCUT2D eigenvalue weighted by atomic mass is 9.85. The Balaban J connectivity index is 2.48. The summed E-state index contributed by atoms with van der Waals surface area (Å²) in [7, 11) is 0. The second-order valence-corrected chi connectivity index (χ2v) is 8.07. The minimum absolute atomic E-state index is 0.0998. The van der Waals surface area contributed by atoms with Crippen LogP contribution in [-0.4, -0.2) is 6.54 Å². The molecule has 1 aromatic carbocycles. The molecule has 4 heteroatoms. The van der Waals surface area contributed by atoms with Gasteiger partial charge in [-0.3, -0.25) is 0 Å². The van der Waals surface area contributed by atoms with Crippen molar-refractivity contribution in [3.8, 4) is 0 Å². The van der Waals surface area contributed by atoms with Crippen molar-refractivity contribution in [2.24, 2.45) is 5.92 Å². The average Bonchev–Trinajstić information content (AvgIpc) is 2.66. The van der Waals surface area contributed by atoms with Crippen LogP contribution in [0.5, 0.6) is 0 Å². The van der Waals surface area contributed by atoms with E-state index in [0.29, 0.717) is 5.92 Å². The van der Waals surface area contributed by atoms with Crippen molar-refractivity contribution >= 4 is 21.4 Å². The summed E-state index contributed by atoms with van der Waals surface area (Å²) in [6, 6.07) is 2.66. The Kier molecular flexibility index (Phi) is 4.69. The Bertz CT molecular complexity index is 638. The van der Waals surface area contributed by atoms with E-state index in [4.69, 9.17) is 0 Å². The van der Waals surface area contributed by atoms with Crippen LogP contribution < -0.4 is 5.32 Å². The molecule has 0 atom stereocenters. The molecule has 21 heavy (non-hydrogen) atoms. The summed E-state index contributed by atoms with van der Waals surface area (Å²) >= 11 is 1.56. The van der Waals surface area contributed by atoms with Gasteiger partial charge in [-0.2, -0.15) is 0 Å². The standard InChI is InChI=1S/C17H23F2NS/c1-10(2)8-20-9-15-16(17(3,4)5)11-6-12(18)13(19)7-14(11)21-15/h6-7,10,20H,8-9H2,1-5H3. The normalized spacial score (nSPS) is 12.6. The van der Waals surface area contributed by atoms with Crippen molar-refractivity contribution in [1.29, 1.82) is 0 Å². The van der Waals surface area contributed by atoms with Gasteiger partial charge in [0.15, 0.2) is 11.6 Å². The topological polar surface area (TPSA) is 12.0 Å². The van der Waals surface area contributed by atoms with Gasteiger partial charge in [0, 0.05) is 16.1 Å². The zero-order chi connectivity index (χ0) is 15.8. The van der Waals surface area contributed by atoms with E-state index in [0.717, 1.165) is 28.7 Å². The highest BCUT2D eigenvalue weighted by Crippen LogP contribution is 2.39. The molecule has 0 radical (unpaired) electrons. The lowest BCUT2D eigenvalue weighted by Gasteiger charge is -2.21. The molecule has 0 unspecified atom stereocenters. The quantitative estimate of drug-likeness (QED) is 0.816. The van der Waals surface area contributed by atoms with Crippen molar-refractivity contribution in [2.45, 2.75) is 46.6 Å². The largest absolute Gasteiger partial charge is 0.312 e. The van der Waals surface area contributed by atoms with Crippen molar-refractivity contribution in [3.63, 3.8) is 0 Å². The molecule has 2 rings (SSSR count). The molecule has 0 fully saturated rings. The number of benzene rings is 1. The Morgan fingerprint density at radius 1 is 1.14 bits per heavy atom. The first-order valence-electron chi connectivity index (χ1n) is 7.31. The minimum atomic E-state index is -0.772. The number of hydrogen-bond acceptors (Lipinski definition) is 2. The molecule has 1 nitrogen and oxygen atoms in total. The summed E-state index contributed by atoms with van der Waals surface area (Å²) in [5, 5.41) is 4.27. The Morgan fingerprint density at radius 2 is 1.76 bits per heavy atom. The summed E-state index contributed by atoms with van der Waals surface area (Å²) in [5.74, 6) is -0.967. The predicted octanol–water partition coefficient (Wildman–Crippen LogP) is 5.22. The minimum Gasteiger partial charge on any atom is -0.312 e. The van der Waals surface area contributed by atoms with Crippen LogP contribution in [0.4, 0.5) is 8.78 Å². The van der Waals surface area contributed by atoms with Gasteiger partial charge in [0.2, 0.25) is 0 Å². The van der Waals surface area contributed by atoms with Crippen LogP contribution in [0.25, 0.3) is 10.1 Å². The second kappa shape index (κ2) is 6.01. The van der Waals surface area contributed by atoms with E-state index >= 15 is 0 Å². The number of thiophene rings is 1. The SMILES string of the molecule is CC(C)CNCc1sc2cc(F)c(F)cc2c1C(C)(C)C. The molecule has 0 amide bonds. The van der Waals surface area contributed by atoms with Crippen molar-refractivity contribution in [1.82, 2.24) is 5.32 Å². The first-order valence-corrected chi connectivity index (χ1v) is 8.13. The highest BCUT2D eigenvalue weighted by atomic mass is 32.1. The van der Waals surface area contributed by atoms with Gasteiger partial charge in [0.05, 0.1) is 0 Å². The maximum atomic E-state index is 13.6. The molecule has 0 spiro atoms. The van der Waals surface area contributed by atoms with Gasteiger partial charge in [0.25, 0.3) is 0 Å². The zero-order valence-corrected chi connectivity index (χ0v) is 14.1. The molecule has 1 heterocycles. The number of hydrogen-bond donors (Lipinski definition) is 1. The van der Waals surface area contributed by atoms with E-state index in [1.165, 1.54) is 17.0 Å². The second-order valence-electron chi connectivity index (χ2n) is 6.94. The van der Waals surface area contributed by atoms with Gasteiger partial charge in [-0.1, -0.05) is 34.6 Å². The lowest BCUT2D eigenvalue weighted by Crippen LogP contribution is -2.21. The predicted molar refractivity (Wildman–Crippen MR) is 87.0 cm³/mol. The summed E-state index contributed by atoms with van der Waals surface area (Å²) in [5.41, 5.74) is 1.02. The number of nitrogens with one attached hydrogen (secondary N) is 1. The average molecular weight is 311 g/mol. The molecule has 0 saturated heterocycles. The highest BCUT2D eigenvalue weighted by Gasteiger charge is 2.24. The van der Waals surface area contributed by atoms with Crippen LogP contribution >= 0.6 is 11.3 Å². The molecule has 1 N–H and O–H groups in total. The highest BCUT2D eigenvalue weighted by molar-refractivity contribution is 7.19. The molecule has 0 aliphatic carbocycles. The van der Waals surface area contributed by atoms with Gasteiger partial charge < -0.3 is 5.32 Å². The van der Waals surface area contributed by atoms with Crippen molar-refractivity contribution in [2.75, 3.05) is 6.54 Å². The molecule has 0 aliphatic heterocycles. The third-order valence-electron chi connectivity index (χ3n) is 3.39. The summed E-state index contributed by atoms with van der Waals surface area (Å²) in [6.45, 7) is 12.3. The number of fused-ring (bicyclic) bond motifs is 1. The molecule has 116 valence electrons. The van der Waals surface area contributed by atoms with E-state index in [2.05, 4.69) is 39.9 Å². The third kappa shape index (κ3) is 3.61. The molecular weight excluding hydrogens is 288 g/mol. The molecular formula is C17H23F2NS. The molecule has 0 bridgehead atoms. The monoisotopic (exact) mass is 311 g/mol. The molecule has 2 aromatic rings. The van der Waals surface area contributed by atoms with Crippen LogP contribution in [0.3, 0.4) is 0 Å². The van der Waals surface area contributed by atoms with E-state index in [1.54, 1.807) is 11.3 Å². The summed E-state index contributed by atoms with van der Waals surface area (Å²) in [4.78, 5) is 1.17. The van der Waals surface area contributed by atoms with Crippen LogP contribution in [0.15, 0.2) is 12.1 Å². The maximum absolute atomic E-state index is 13.6. The van der Waals surface area contributed by atoms with Crippen molar-refractivity contribution < 1.29 is 8.78 Å². The van der Waals surface area contributed by atoms with Crippen LogP contribution in [-0.2, 0) is 12.0 Å². The lowest BCUT2D eigenvalue weighted by molar-refractivity contribution is 0.510. The van der Waals surface area contributed by atoms with Crippen molar-refractivity contribution in [3.05, 3.63) is 34.2 Å². The van der Waals surface area contributed by atoms with Gasteiger partial charge in [-0.15, -0.1) is 11.3 Å². The van der Waals surface area contributed by atoms with Crippen LogP contribution in [0.2, 0.25) is 0 Å². The number of rotatable bonds is 4. The summed E-state index contributed by atoms with van der Waals surface area (Å²) < 4.78 is 27.9. The van der Waals surface area contributed by atoms with E-state index in [1.807, 2.05) is 0 Å². The van der Waals surface area contributed by atoms with Crippen LogP contribution in [0.1, 0.15) is 45.1 Å². The van der Waals surface area contributed by atoms with E-state index in [9.17, 15) is 8.78 Å². The molecule has 1 aromatic heterocycles.